The molecule has 0 bridgehead atoms. The van der Waals surface area contributed by atoms with Crippen LogP contribution in [-0.4, -0.2) is 20.7 Å². The molecule has 2 aromatic heterocycles. The van der Waals surface area contributed by atoms with Crippen molar-refractivity contribution >= 4 is 38.8 Å². The maximum atomic E-state index is 11.4. The first kappa shape index (κ1) is 18.5. The van der Waals surface area contributed by atoms with Gasteiger partial charge in [0, 0.05) is 5.69 Å². The number of carbonyl (C=O) groups is 1. The fraction of sp³-hybridized carbons (Fsp3) is 0. The highest BCUT2D eigenvalue weighted by atomic mass is 79.9. The molecule has 0 unspecified atom stereocenters. The van der Waals surface area contributed by atoms with Crippen molar-refractivity contribution < 1.29 is 14.6 Å². The number of para-hydroxylation sites is 1. The van der Waals surface area contributed by atoms with Gasteiger partial charge in [-0.15, -0.1) is 0 Å². The average Bonchev–Trinajstić information content (AvgIpc) is 3.08. The van der Waals surface area contributed by atoms with Crippen LogP contribution in [0.25, 0.3) is 5.52 Å². The van der Waals surface area contributed by atoms with Crippen molar-refractivity contribution in [2.24, 2.45) is 0 Å². The van der Waals surface area contributed by atoms with Gasteiger partial charge >= 0.3 is 5.97 Å². The molecule has 0 spiro atoms. The number of nitriles is 1. The SMILES string of the molecule is N#Cc1cnn2c(Br)c(C(=O)O)cc2c1Nc1ccc(Oc2ccccc2)cc1. The van der Waals surface area contributed by atoms with Gasteiger partial charge in [-0.2, -0.15) is 10.4 Å². The molecule has 2 aromatic carbocycles. The third-order valence-corrected chi connectivity index (χ3v) is 4.96. The lowest BCUT2D eigenvalue weighted by Gasteiger charge is -2.11. The number of fused-ring (bicyclic) bond motifs is 1. The van der Waals surface area contributed by atoms with Gasteiger partial charge in [-0.25, -0.2) is 9.31 Å². The molecule has 0 aliphatic rings. The minimum atomic E-state index is -1.09. The van der Waals surface area contributed by atoms with Crippen molar-refractivity contribution in [1.82, 2.24) is 9.61 Å². The van der Waals surface area contributed by atoms with Crippen LogP contribution in [0.2, 0.25) is 0 Å². The molecule has 4 aromatic rings. The summed E-state index contributed by atoms with van der Waals surface area (Å²) in [4.78, 5) is 11.4. The summed E-state index contributed by atoms with van der Waals surface area (Å²) < 4.78 is 7.51. The Balaban J connectivity index is 1.67. The highest BCUT2D eigenvalue weighted by Crippen LogP contribution is 2.31. The molecule has 2 N–H and O–H groups in total. The summed E-state index contributed by atoms with van der Waals surface area (Å²) in [6, 6.07) is 20.2. The lowest BCUT2D eigenvalue weighted by molar-refractivity contribution is 0.0696. The summed E-state index contributed by atoms with van der Waals surface area (Å²) >= 11 is 3.25. The van der Waals surface area contributed by atoms with Gasteiger partial charge in [-0.1, -0.05) is 18.2 Å². The van der Waals surface area contributed by atoms with Crippen LogP contribution in [0, 0.1) is 11.3 Å². The summed E-state index contributed by atoms with van der Waals surface area (Å²) in [6.07, 6.45) is 1.39. The minimum Gasteiger partial charge on any atom is -0.478 e. The maximum Gasteiger partial charge on any atom is 0.338 e. The summed E-state index contributed by atoms with van der Waals surface area (Å²) in [5, 5.41) is 26.1. The van der Waals surface area contributed by atoms with E-state index in [0.717, 1.165) is 5.75 Å². The Morgan fingerprint density at radius 2 is 1.83 bits per heavy atom. The zero-order valence-corrected chi connectivity index (χ0v) is 16.4. The first-order valence-electron chi connectivity index (χ1n) is 8.50. The molecule has 0 amide bonds. The second-order valence-electron chi connectivity index (χ2n) is 6.06. The summed E-state index contributed by atoms with van der Waals surface area (Å²) in [6.45, 7) is 0. The van der Waals surface area contributed by atoms with E-state index in [0.29, 0.717) is 32.8 Å². The first-order valence-corrected chi connectivity index (χ1v) is 9.30. The Hall–Kier alpha value is -3.83. The predicted octanol–water partition coefficient (Wildman–Crippen LogP) is 5.20. The van der Waals surface area contributed by atoms with Crippen LogP contribution >= 0.6 is 15.9 Å². The number of aromatic carboxylic acids is 1. The van der Waals surface area contributed by atoms with E-state index in [1.807, 2.05) is 42.5 Å². The van der Waals surface area contributed by atoms with Crippen LogP contribution in [0.4, 0.5) is 11.4 Å². The van der Waals surface area contributed by atoms with Crippen LogP contribution < -0.4 is 10.1 Å². The molecule has 0 radical (unpaired) electrons. The van der Waals surface area contributed by atoms with E-state index in [4.69, 9.17) is 4.74 Å². The number of nitrogens with zero attached hydrogens (tertiary/aromatic N) is 3. The van der Waals surface area contributed by atoms with Gasteiger partial charge in [0.25, 0.3) is 0 Å². The molecule has 7 nitrogen and oxygen atoms in total. The predicted molar refractivity (Wildman–Crippen MR) is 111 cm³/mol. The molecule has 142 valence electrons. The van der Waals surface area contributed by atoms with Crippen molar-refractivity contribution in [3.63, 3.8) is 0 Å². The highest BCUT2D eigenvalue weighted by molar-refractivity contribution is 9.10. The number of carboxylic acid groups (broad SMARTS) is 1. The number of benzene rings is 2. The van der Waals surface area contributed by atoms with Gasteiger partial charge in [0.1, 0.15) is 22.2 Å². The summed E-state index contributed by atoms with van der Waals surface area (Å²) in [5.74, 6) is 0.310. The van der Waals surface area contributed by atoms with Crippen molar-refractivity contribution in [2.45, 2.75) is 0 Å². The van der Waals surface area contributed by atoms with Gasteiger partial charge in [-0.3, -0.25) is 0 Å². The van der Waals surface area contributed by atoms with Crippen LogP contribution in [0.5, 0.6) is 11.5 Å². The minimum absolute atomic E-state index is 0.0576. The Kier molecular flexibility index (Phi) is 4.89. The number of halogens is 1. The first-order chi connectivity index (χ1) is 14.1. The number of hydrogen-bond donors (Lipinski definition) is 2. The van der Waals surface area contributed by atoms with Crippen LogP contribution in [0.1, 0.15) is 15.9 Å². The average molecular weight is 449 g/mol. The zero-order valence-electron chi connectivity index (χ0n) is 14.8. The molecule has 8 heteroatoms. The van der Waals surface area contributed by atoms with E-state index in [1.165, 1.54) is 16.8 Å². The second kappa shape index (κ2) is 7.66. The number of aromatic nitrogens is 2. The van der Waals surface area contributed by atoms with Gasteiger partial charge in [0.2, 0.25) is 0 Å². The van der Waals surface area contributed by atoms with Gasteiger partial charge in [0.05, 0.1) is 28.5 Å². The topological polar surface area (TPSA) is 99.7 Å². The lowest BCUT2D eigenvalue weighted by Crippen LogP contribution is -2.01. The molecule has 29 heavy (non-hydrogen) atoms. The van der Waals surface area contributed by atoms with Crippen LogP contribution in [-0.2, 0) is 0 Å². The standard InChI is InChI=1S/C21H13BrN4O3/c22-20-17(21(27)28)10-18-19(13(11-23)12-24-26(18)20)25-14-6-8-16(9-7-14)29-15-4-2-1-3-5-15/h1-10,12,25H,(H,27,28). The van der Waals surface area contributed by atoms with Gasteiger partial charge in [0.15, 0.2) is 0 Å². The van der Waals surface area contributed by atoms with E-state index in [-0.39, 0.29) is 5.56 Å². The molecule has 0 aliphatic carbocycles. The molecule has 0 saturated carbocycles. The second-order valence-corrected chi connectivity index (χ2v) is 6.81. The van der Waals surface area contributed by atoms with Crippen LogP contribution in [0.3, 0.4) is 0 Å². The molecule has 2 heterocycles. The molecule has 0 atom stereocenters. The van der Waals surface area contributed by atoms with E-state index in [1.54, 1.807) is 12.1 Å². The molecule has 4 rings (SSSR count). The van der Waals surface area contributed by atoms with Gasteiger partial charge in [-0.05, 0) is 58.4 Å². The van der Waals surface area contributed by atoms with E-state index in [2.05, 4.69) is 32.4 Å². The molecule has 0 saturated heterocycles. The number of rotatable bonds is 5. The normalized spacial score (nSPS) is 10.5. The molecular weight excluding hydrogens is 436 g/mol. The molecular formula is C21H13BrN4O3. The van der Waals surface area contributed by atoms with Gasteiger partial charge < -0.3 is 15.2 Å². The highest BCUT2D eigenvalue weighted by Gasteiger charge is 2.19. The summed E-state index contributed by atoms with van der Waals surface area (Å²) in [7, 11) is 0. The monoisotopic (exact) mass is 448 g/mol. The number of nitrogens with one attached hydrogen (secondary N) is 1. The van der Waals surface area contributed by atoms with Crippen molar-refractivity contribution in [1.29, 1.82) is 5.26 Å². The Labute approximate surface area is 173 Å². The molecule has 0 fully saturated rings. The maximum absolute atomic E-state index is 11.4. The molecule has 0 aliphatic heterocycles. The smallest absolute Gasteiger partial charge is 0.338 e. The van der Waals surface area contributed by atoms with E-state index in [9.17, 15) is 15.2 Å². The number of carboxylic acids is 1. The summed E-state index contributed by atoms with van der Waals surface area (Å²) in [5.41, 5.74) is 2.00. The fourth-order valence-corrected chi connectivity index (χ4v) is 3.39. The Bertz CT molecular complexity index is 1250. The number of hydrogen-bond acceptors (Lipinski definition) is 5. The van der Waals surface area contributed by atoms with Crippen molar-refractivity contribution in [3.8, 4) is 17.6 Å². The van der Waals surface area contributed by atoms with Crippen LogP contribution in [0.15, 0.2) is 71.5 Å². The zero-order chi connectivity index (χ0) is 20.4. The number of ether oxygens (including phenoxy) is 1. The van der Waals surface area contributed by atoms with Crippen molar-refractivity contribution in [3.05, 3.63) is 82.6 Å². The third-order valence-electron chi connectivity index (χ3n) is 4.20. The van der Waals surface area contributed by atoms with E-state index < -0.39 is 5.97 Å². The Morgan fingerprint density at radius 1 is 1.14 bits per heavy atom. The lowest BCUT2D eigenvalue weighted by atomic mass is 10.2. The third kappa shape index (κ3) is 3.63. The quantitative estimate of drug-likeness (QED) is 0.434. The number of anilines is 2. The Morgan fingerprint density at radius 3 is 2.48 bits per heavy atom. The fourth-order valence-electron chi connectivity index (χ4n) is 2.83. The van der Waals surface area contributed by atoms with E-state index >= 15 is 0 Å². The van der Waals surface area contributed by atoms with Crippen molar-refractivity contribution in [2.75, 3.05) is 5.32 Å². The largest absolute Gasteiger partial charge is 0.478 e.